The molecule has 11 aromatic carbocycles. The molecular formula is C60H35N3O. The van der Waals surface area contributed by atoms with Gasteiger partial charge in [0.15, 0.2) is 5.82 Å². The first-order chi connectivity index (χ1) is 31.7. The fraction of sp³-hybridized carbons (Fsp3) is 0. The number of benzene rings is 11. The lowest BCUT2D eigenvalue weighted by Gasteiger charge is -2.17. The Labute approximate surface area is 366 Å². The number of rotatable bonds is 4. The fourth-order valence-electron chi connectivity index (χ4n) is 10.4. The number of aromatic nitrogens is 3. The van der Waals surface area contributed by atoms with Crippen molar-refractivity contribution in [3.63, 3.8) is 0 Å². The van der Waals surface area contributed by atoms with Gasteiger partial charge < -0.3 is 8.98 Å². The van der Waals surface area contributed by atoms with E-state index >= 15 is 0 Å². The van der Waals surface area contributed by atoms with Gasteiger partial charge >= 0.3 is 0 Å². The van der Waals surface area contributed by atoms with E-state index in [9.17, 15) is 0 Å². The maximum atomic E-state index is 6.69. The SMILES string of the molecule is c1ccc2cc3c(cc2c1)c1ccccc1n3-c1cc2oc3ccccc3c2cc1-c1nc(-c2cc3ccccc3c3ccccc23)cc(-c2cc3ccccc3c3ccccc23)n1. The van der Waals surface area contributed by atoms with E-state index in [0.29, 0.717) is 5.82 Å². The van der Waals surface area contributed by atoms with Gasteiger partial charge in [-0.25, -0.2) is 9.97 Å². The summed E-state index contributed by atoms with van der Waals surface area (Å²) in [5.41, 5.74) is 9.55. The molecule has 0 atom stereocenters. The molecule has 64 heavy (non-hydrogen) atoms. The largest absolute Gasteiger partial charge is 0.456 e. The van der Waals surface area contributed by atoms with Crippen LogP contribution in [0.15, 0.2) is 217 Å². The van der Waals surface area contributed by atoms with Gasteiger partial charge in [0.1, 0.15) is 11.2 Å². The predicted molar refractivity (Wildman–Crippen MR) is 267 cm³/mol. The molecule has 0 fully saturated rings. The van der Waals surface area contributed by atoms with Gasteiger partial charge in [0, 0.05) is 44.3 Å². The monoisotopic (exact) mass is 813 g/mol. The molecule has 0 radical (unpaired) electrons. The summed E-state index contributed by atoms with van der Waals surface area (Å²) in [4.78, 5) is 11.4. The molecule has 0 aliphatic rings. The highest BCUT2D eigenvalue weighted by Gasteiger charge is 2.23. The zero-order chi connectivity index (χ0) is 41.9. The van der Waals surface area contributed by atoms with Crippen molar-refractivity contribution in [3.8, 4) is 39.6 Å². The van der Waals surface area contributed by atoms with Gasteiger partial charge in [0.2, 0.25) is 0 Å². The number of para-hydroxylation sites is 2. The lowest BCUT2D eigenvalue weighted by molar-refractivity contribution is 0.668. The molecule has 0 bridgehead atoms. The Balaban J connectivity index is 1.15. The predicted octanol–water partition coefficient (Wildman–Crippen LogP) is 16.2. The molecule has 3 aromatic heterocycles. The van der Waals surface area contributed by atoms with Crippen LogP contribution >= 0.6 is 0 Å². The van der Waals surface area contributed by atoms with Gasteiger partial charge in [-0.3, -0.25) is 0 Å². The Morgan fingerprint density at radius 3 is 1.44 bits per heavy atom. The molecule has 0 aliphatic heterocycles. The van der Waals surface area contributed by atoms with Crippen LogP contribution in [0.3, 0.4) is 0 Å². The van der Waals surface area contributed by atoms with E-state index in [-0.39, 0.29) is 0 Å². The van der Waals surface area contributed by atoms with Crippen molar-refractivity contribution in [3.05, 3.63) is 212 Å². The van der Waals surface area contributed by atoms with Crippen molar-refractivity contribution in [2.75, 3.05) is 0 Å². The van der Waals surface area contributed by atoms with Gasteiger partial charge in [0.05, 0.1) is 28.1 Å². The summed E-state index contributed by atoms with van der Waals surface area (Å²) >= 11 is 0. The van der Waals surface area contributed by atoms with Gasteiger partial charge in [-0.15, -0.1) is 0 Å². The Kier molecular flexibility index (Phi) is 7.36. The molecule has 0 aliphatic carbocycles. The summed E-state index contributed by atoms with van der Waals surface area (Å²) in [6.07, 6.45) is 0. The lowest BCUT2D eigenvalue weighted by atomic mass is 9.93. The average Bonchev–Trinajstić information content (AvgIpc) is 3.89. The van der Waals surface area contributed by atoms with E-state index in [1.807, 2.05) is 12.1 Å². The quantitative estimate of drug-likeness (QED) is 0.166. The summed E-state index contributed by atoms with van der Waals surface area (Å²) < 4.78 is 9.08. The minimum Gasteiger partial charge on any atom is -0.456 e. The summed E-state index contributed by atoms with van der Waals surface area (Å²) in [6, 6.07) is 76.3. The van der Waals surface area contributed by atoms with Crippen LogP contribution in [-0.2, 0) is 0 Å². The molecule has 4 heteroatoms. The zero-order valence-corrected chi connectivity index (χ0v) is 34.5. The highest BCUT2D eigenvalue weighted by molar-refractivity contribution is 6.17. The maximum absolute atomic E-state index is 6.69. The van der Waals surface area contributed by atoms with E-state index < -0.39 is 0 Å². The van der Waals surface area contributed by atoms with Gasteiger partial charge in [-0.05, 0) is 102 Å². The molecule has 14 rings (SSSR count). The van der Waals surface area contributed by atoms with E-state index in [1.165, 1.54) is 53.9 Å². The van der Waals surface area contributed by atoms with E-state index in [0.717, 1.165) is 77.5 Å². The average molecular weight is 814 g/mol. The van der Waals surface area contributed by atoms with Crippen LogP contribution in [0.1, 0.15) is 0 Å². The third-order valence-corrected chi connectivity index (χ3v) is 13.3. The number of nitrogens with zero attached hydrogens (tertiary/aromatic N) is 3. The van der Waals surface area contributed by atoms with Crippen LogP contribution in [0.4, 0.5) is 0 Å². The molecule has 0 saturated heterocycles. The van der Waals surface area contributed by atoms with E-state index in [4.69, 9.17) is 14.4 Å². The van der Waals surface area contributed by atoms with Crippen molar-refractivity contribution >= 4 is 97.6 Å². The standard InChI is InChI=1S/C60H35N3O/c1-2-16-37-32-56-50(29-36(37)15-1)46-25-11-13-27-55(46)63(56)57-35-59-51(47-26-12-14-28-58(47)64-59)33-52(57)60-61-53(48-30-38-17-3-5-19-40(38)42-21-7-9-23-44(42)48)34-54(62-60)49-31-39-18-4-6-20-41(39)43-22-8-10-24-45(43)49/h1-35H. The second-order valence-corrected chi connectivity index (χ2v) is 16.9. The topological polar surface area (TPSA) is 43.9 Å². The van der Waals surface area contributed by atoms with Crippen molar-refractivity contribution in [2.45, 2.75) is 0 Å². The van der Waals surface area contributed by atoms with Crippen LogP contribution in [-0.4, -0.2) is 14.5 Å². The highest BCUT2D eigenvalue weighted by atomic mass is 16.3. The van der Waals surface area contributed by atoms with Gasteiger partial charge in [0.25, 0.3) is 0 Å². The third-order valence-electron chi connectivity index (χ3n) is 13.3. The summed E-state index contributed by atoms with van der Waals surface area (Å²) in [5, 5.41) is 16.3. The molecule has 14 aromatic rings. The third kappa shape index (κ3) is 5.17. The van der Waals surface area contributed by atoms with Crippen LogP contribution < -0.4 is 0 Å². The molecule has 4 nitrogen and oxygen atoms in total. The Bertz CT molecular complexity index is 4130. The smallest absolute Gasteiger partial charge is 0.162 e. The maximum Gasteiger partial charge on any atom is 0.162 e. The molecule has 3 heterocycles. The first-order valence-corrected chi connectivity index (χ1v) is 21.8. The lowest BCUT2D eigenvalue weighted by Crippen LogP contribution is -2.02. The Morgan fingerprint density at radius 1 is 0.297 bits per heavy atom. The van der Waals surface area contributed by atoms with E-state index in [1.54, 1.807) is 0 Å². The summed E-state index contributed by atoms with van der Waals surface area (Å²) in [7, 11) is 0. The molecule has 0 amide bonds. The normalized spacial score (nSPS) is 12.1. The van der Waals surface area contributed by atoms with Gasteiger partial charge in [-0.1, -0.05) is 158 Å². The van der Waals surface area contributed by atoms with Crippen LogP contribution in [0.2, 0.25) is 0 Å². The molecular weight excluding hydrogens is 779 g/mol. The second kappa shape index (κ2) is 13.4. The van der Waals surface area contributed by atoms with Crippen molar-refractivity contribution in [1.29, 1.82) is 0 Å². The highest BCUT2D eigenvalue weighted by Crippen LogP contribution is 2.44. The number of fused-ring (bicyclic) bond motifs is 13. The minimum absolute atomic E-state index is 0.635. The number of hydrogen-bond acceptors (Lipinski definition) is 3. The summed E-state index contributed by atoms with van der Waals surface area (Å²) in [6.45, 7) is 0. The molecule has 0 spiro atoms. The molecule has 0 N–H and O–H groups in total. The first kappa shape index (κ1) is 35.0. The van der Waals surface area contributed by atoms with Crippen molar-refractivity contribution < 1.29 is 4.42 Å². The van der Waals surface area contributed by atoms with Gasteiger partial charge in [-0.2, -0.15) is 0 Å². The summed E-state index contributed by atoms with van der Waals surface area (Å²) in [5.74, 6) is 0.635. The number of furan rings is 1. The molecule has 296 valence electrons. The van der Waals surface area contributed by atoms with Crippen LogP contribution in [0, 0.1) is 0 Å². The second-order valence-electron chi connectivity index (χ2n) is 16.9. The number of hydrogen-bond donors (Lipinski definition) is 0. The minimum atomic E-state index is 0.635. The first-order valence-electron chi connectivity index (χ1n) is 21.8. The Morgan fingerprint density at radius 2 is 0.797 bits per heavy atom. The Hall–Kier alpha value is -8.60. The zero-order valence-electron chi connectivity index (χ0n) is 34.5. The fourth-order valence-corrected chi connectivity index (χ4v) is 10.4. The van der Waals surface area contributed by atoms with Crippen molar-refractivity contribution in [1.82, 2.24) is 14.5 Å². The van der Waals surface area contributed by atoms with Crippen molar-refractivity contribution in [2.24, 2.45) is 0 Å². The van der Waals surface area contributed by atoms with E-state index in [2.05, 4.69) is 205 Å². The molecule has 0 unspecified atom stereocenters. The van der Waals surface area contributed by atoms with Crippen LogP contribution in [0.5, 0.6) is 0 Å². The molecule has 0 saturated carbocycles. The van der Waals surface area contributed by atoms with Crippen LogP contribution in [0.25, 0.3) is 137 Å².